The van der Waals surface area contributed by atoms with Gasteiger partial charge < -0.3 is 20.5 Å². The number of carbonyl (C=O) groups excluding carboxylic acids is 2. The van der Waals surface area contributed by atoms with E-state index in [1.165, 1.54) is 4.68 Å². The molecule has 0 radical (unpaired) electrons. The van der Waals surface area contributed by atoms with Crippen LogP contribution < -0.4 is 10.5 Å². The zero-order valence-corrected chi connectivity index (χ0v) is 14.6. The third-order valence-electron chi connectivity index (χ3n) is 4.49. The number of nitrogens with zero attached hydrogens (tertiary/aromatic N) is 3. The molecule has 8 heteroatoms. The van der Waals surface area contributed by atoms with Gasteiger partial charge in [0.25, 0.3) is 11.8 Å². The maximum absolute atomic E-state index is 13.0. The molecule has 1 aromatic heterocycles. The SMILES string of the molecule is COc1ccc(-n2nc(C(N)=O)c3c2C(=O)N(CCCCO)CC3)cc1. The predicted molar refractivity (Wildman–Crippen MR) is 94.6 cm³/mol. The highest BCUT2D eigenvalue weighted by Crippen LogP contribution is 2.26. The fourth-order valence-electron chi connectivity index (χ4n) is 3.14. The van der Waals surface area contributed by atoms with Crippen molar-refractivity contribution in [2.75, 3.05) is 26.8 Å². The average molecular weight is 358 g/mol. The molecule has 1 aliphatic rings. The van der Waals surface area contributed by atoms with Gasteiger partial charge in [-0.3, -0.25) is 9.59 Å². The number of nitrogens with two attached hydrogens (primary N) is 1. The van der Waals surface area contributed by atoms with Crippen LogP contribution in [0.25, 0.3) is 5.69 Å². The first-order valence-electron chi connectivity index (χ1n) is 8.53. The highest BCUT2D eigenvalue weighted by Gasteiger charge is 2.33. The lowest BCUT2D eigenvalue weighted by molar-refractivity contribution is 0.0724. The highest BCUT2D eigenvalue weighted by atomic mass is 16.5. The minimum absolute atomic E-state index is 0.100. The summed E-state index contributed by atoms with van der Waals surface area (Å²) in [6.07, 6.45) is 1.88. The second kappa shape index (κ2) is 7.57. The molecule has 0 bridgehead atoms. The fourth-order valence-corrected chi connectivity index (χ4v) is 3.14. The number of amides is 2. The molecule has 2 aromatic rings. The Hall–Kier alpha value is -2.87. The number of hydrogen-bond acceptors (Lipinski definition) is 5. The Morgan fingerprint density at radius 2 is 2.04 bits per heavy atom. The highest BCUT2D eigenvalue weighted by molar-refractivity contribution is 6.01. The number of carbonyl (C=O) groups is 2. The summed E-state index contributed by atoms with van der Waals surface area (Å²) in [5.74, 6) is -0.142. The lowest BCUT2D eigenvalue weighted by Gasteiger charge is -2.27. The van der Waals surface area contributed by atoms with Gasteiger partial charge in [-0.2, -0.15) is 5.10 Å². The van der Waals surface area contributed by atoms with Gasteiger partial charge in [0, 0.05) is 25.3 Å². The number of aliphatic hydroxyl groups is 1. The number of unbranched alkanes of at least 4 members (excludes halogenated alkanes) is 1. The first-order valence-corrected chi connectivity index (χ1v) is 8.53. The standard InChI is InChI=1S/C18H22N4O4/c1-26-13-6-4-12(5-7-13)22-16-14(15(20-22)17(19)24)8-10-21(18(16)25)9-2-3-11-23/h4-7,23H,2-3,8-11H2,1H3,(H2,19,24). The van der Waals surface area contributed by atoms with Gasteiger partial charge >= 0.3 is 0 Å². The Balaban J connectivity index is 2.01. The minimum atomic E-state index is -0.643. The van der Waals surface area contributed by atoms with Gasteiger partial charge in [-0.05, 0) is 43.5 Å². The molecule has 3 N–H and O–H groups in total. The Labute approximate surface area is 151 Å². The topological polar surface area (TPSA) is 111 Å². The van der Waals surface area contributed by atoms with E-state index in [-0.39, 0.29) is 18.2 Å². The van der Waals surface area contributed by atoms with Crippen LogP contribution in [0.5, 0.6) is 5.75 Å². The Morgan fingerprint density at radius 3 is 2.65 bits per heavy atom. The third-order valence-corrected chi connectivity index (χ3v) is 4.49. The molecular weight excluding hydrogens is 336 g/mol. The van der Waals surface area contributed by atoms with Crippen molar-refractivity contribution >= 4 is 11.8 Å². The number of aliphatic hydroxyl groups excluding tert-OH is 1. The van der Waals surface area contributed by atoms with Gasteiger partial charge in [0.05, 0.1) is 12.8 Å². The zero-order valence-electron chi connectivity index (χ0n) is 14.6. The van der Waals surface area contributed by atoms with Crippen LogP contribution in [0.1, 0.15) is 39.4 Å². The summed E-state index contributed by atoms with van der Waals surface area (Å²) in [7, 11) is 1.57. The zero-order chi connectivity index (χ0) is 18.7. The van der Waals surface area contributed by atoms with E-state index < -0.39 is 5.91 Å². The van der Waals surface area contributed by atoms with Crippen LogP contribution in [0.4, 0.5) is 0 Å². The average Bonchev–Trinajstić information content (AvgIpc) is 3.04. The Kier molecular flexibility index (Phi) is 5.22. The summed E-state index contributed by atoms with van der Waals surface area (Å²) in [6, 6.07) is 7.07. The second-order valence-electron chi connectivity index (χ2n) is 6.12. The Morgan fingerprint density at radius 1 is 1.31 bits per heavy atom. The number of fused-ring (bicyclic) bond motifs is 1. The molecule has 138 valence electrons. The molecule has 0 atom stereocenters. The molecule has 1 aromatic carbocycles. The van der Waals surface area contributed by atoms with Crippen LogP contribution in [0.2, 0.25) is 0 Å². The maximum Gasteiger partial charge on any atom is 0.272 e. The molecule has 0 saturated heterocycles. The van der Waals surface area contributed by atoms with Crippen LogP contribution >= 0.6 is 0 Å². The van der Waals surface area contributed by atoms with E-state index in [0.717, 1.165) is 6.42 Å². The number of benzene rings is 1. The summed E-state index contributed by atoms with van der Waals surface area (Å²) in [4.78, 5) is 26.5. The smallest absolute Gasteiger partial charge is 0.272 e. The molecule has 26 heavy (non-hydrogen) atoms. The van der Waals surface area contributed by atoms with E-state index in [0.29, 0.717) is 48.6 Å². The van der Waals surface area contributed by atoms with Crippen molar-refractivity contribution in [1.29, 1.82) is 0 Å². The number of primary amides is 1. The molecule has 8 nitrogen and oxygen atoms in total. The molecule has 0 aliphatic carbocycles. The second-order valence-corrected chi connectivity index (χ2v) is 6.12. The van der Waals surface area contributed by atoms with Crippen LogP contribution in [-0.4, -0.2) is 58.4 Å². The largest absolute Gasteiger partial charge is 0.497 e. The maximum atomic E-state index is 13.0. The molecule has 3 rings (SSSR count). The van der Waals surface area contributed by atoms with Crippen LogP contribution in [0.15, 0.2) is 24.3 Å². The molecule has 2 amide bonds. The van der Waals surface area contributed by atoms with Crippen molar-refractivity contribution in [3.8, 4) is 11.4 Å². The monoisotopic (exact) mass is 358 g/mol. The lowest BCUT2D eigenvalue weighted by atomic mass is 10.0. The van der Waals surface area contributed by atoms with Crippen molar-refractivity contribution < 1.29 is 19.4 Å². The number of hydrogen-bond donors (Lipinski definition) is 2. The van der Waals surface area contributed by atoms with E-state index in [9.17, 15) is 9.59 Å². The quantitative estimate of drug-likeness (QED) is 0.710. The number of aromatic nitrogens is 2. The van der Waals surface area contributed by atoms with Crippen LogP contribution in [0, 0.1) is 0 Å². The number of rotatable bonds is 7. The van der Waals surface area contributed by atoms with E-state index in [1.807, 2.05) is 0 Å². The van der Waals surface area contributed by atoms with Gasteiger partial charge in [0.15, 0.2) is 5.69 Å². The van der Waals surface area contributed by atoms with Gasteiger partial charge in [0.1, 0.15) is 11.4 Å². The van der Waals surface area contributed by atoms with Crippen molar-refractivity contribution in [2.24, 2.45) is 5.73 Å². The van der Waals surface area contributed by atoms with E-state index in [1.54, 1.807) is 36.3 Å². The van der Waals surface area contributed by atoms with Gasteiger partial charge in [-0.25, -0.2) is 4.68 Å². The lowest BCUT2D eigenvalue weighted by Crippen LogP contribution is -2.39. The van der Waals surface area contributed by atoms with Crippen LogP contribution in [0.3, 0.4) is 0 Å². The Bertz CT molecular complexity index is 813. The predicted octanol–water partition coefficient (Wildman–Crippen LogP) is 0.751. The van der Waals surface area contributed by atoms with E-state index in [4.69, 9.17) is 15.6 Å². The summed E-state index contributed by atoms with van der Waals surface area (Å²) in [5, 5.41) is 13.3. The molecule has 1 aliphatic heterocycles. The molecule has 0 spiro atoms. The molecule has 0 saturated carbocycles. The summed E-state index contributed by atoms with van der Waals surface area (Å²) >= 11 is 0. The summed E-state index contributed by atoms with van der Waals surface area (Å²) < 4.78 is 6.64. The van der Waals surface area contributed by atoms with Gasteiger partial charge in [-0.1, -0.05) is 0 Å². The first kappa shape index (κ1) is 17.9. The molecule has 2 heterocycles. The van der Waals surface area contributed by atoms with Crippen molar-refractivity contribution in [2.45, 2.75) is 19.3 Å². The molecule has 0 unspecified atom stereocenters. The van der Waals surface area contributed by atoms with E-state index in [2.05, 4.69) is 5.10 Å². The van der Waals surface area contributed by atoms with Crippen molar-refractivity contribution in [1.82, 2.24) is 14.7 Å². The van der Waals surface area contributed by atoms with Gasteiger partial charge in [-0.15, -0.1) is 0 Å². The fraction of sp³-hybridized carbons (Fsp3) is 0.389. The number of methoxy groups -OCH3 is 1. The minimum Gasteiger partial charge on any atom is -0.497 e. The van der Waals surface area contributed by atoms with Gasteiger partial charge in [0.2, 0.25) is 0 Å². The number of ether oxygens (including phenoxy) is 1. The molecular formula is C18H22N4O4. The van der Waals surface area contributed by atoms with Crippen molar-refractivity contribution in [3.63, 3.8) is 0 Å². The van der Waals surface area contributed by atoms with E-state index >= 15 is 0 Å². The summed E-state index contributed by atoms with van der Waals surface area (Å²) in [5.41, 5.74) is 7.23. The normalized spacial score (nSPS) is 13.6. The van der Waals surface area contributed by atoms with Crippen molar-refractivity contribution in [3.05, 3.63) is 41.2 Å². The van der Waals surface area contributed by atoms with Crippen LogP contribution in [-0.2, 0) is 6.42 Å². The first-order chi connectivity index (χ1) is 12.6. The molecule has 0 fully saturated rings. The summed E-state index contributed by atoms with van der Waals surface area (Å²) in [6.45, 7) is 1.16. The third kappa shape index (κ3) is 3.28.